The second-order valence-electron chi connectivity index (χ2n) is 5.07. The number of esters is 2. The third kappa shape index (κ3) is 4.24. The Bertz CT molecular complexity index is 925. The summed E-state index contributed by atoms with van der Waals surface area (Å²) in [4.78, 5) is 37.8. The first-order valence-corrected chi connectivity index (χ1v) is 7.77. The van der Waals surface area contributed by atoms with Crippen LogP contribution in [0.3, 0.4) is 0 Å². The molecule has 0 aliphatic heterocycles. The number of alkyl halides is 3. The molecule has 1 heterocycles. The van der Waals surface area contributed by atoms with Gasteiger partial charge >= 0.3 is 18.1 Å². The lowest BCUT2D eigenvalue weighted by molar-refractivity contribution is -0.384. The average Bonchev–Trinajstić information content (AvgIpc) is 3.06. The maximum Gasteiger partial charge on any atom is 0.416 e. The quantitative estimate of drug-likeness (QED) is 0.410. The largest absolute Gasteiger partial charge is 0.460 e. The molecule has 2 aromatic rings. The van der Waals surface area contributed by atoms with Crippen LogP contribution in [0.25, 0.3) is 5.69 Å². The van der Waals surface area contributed by atoms with Gasteiger partial charge in [-0.25, -0.2) is 9.59 Å². The summed E-state index contributed by atoms with van der Waals surface area (Å²) in [7, 11) is 0. The summed E-state index contributed by atoms with van der Waals surface area (Å²) in [6, 6.07) is 1.60. The molecule has 0 aliphatic rings. The van der Waals surface area contributed by atoms with Gasteiger partial charge in [-0.3, -0.25) is 10.1 Å². The van der Waals surface area contributed by atoms with Gasteiger partial charge < -0.3 is 9.47 Å². The monoisotopic (exact) mass is 402 g/mol. The Balaban J connectivity index is 2.69. The molecule has 0 aliphatic carbocycles. The van der Waals surface area contributed by atoms with Crippen LogP contribution in [-0.2, 0) is 15.7 Å². The van der Waals surface area contributed by atoms with Gasteiger partial charge in [0.05, 0.1) is 23.7 Å². The number of carbonyl (C=O) groups is 2. The molecule has 0 bridgehead atoms. The van der Waals surface area contributed by atoms with Crippen molar-refractivity contribution in [2.75, 3.05) is 13.2 Å². The fourth-order valence-corrected chi connectivity index (χ4v) is 2.12. The van der Waals surface area contributed by atoms with Crippen LogP contribution in [0.2, 0.25) is 0 Å². The van der Waals surface area contributed by atoms with Crippen molar-refractivity contribution in [3.05, 3.63) is 45.5 Å². The molecule has 1 aromatic heterocycles. The van der Waals surface area contributed by atoms with Crippen LogP contribution < -0.4 is 0 Å². The number of rotatable bonds is 6. The van der Waals surface area contributed by atoms with E-state index in [9.17, 15) is 32.9 Å². The van der Waals surface area contributed by atoms with Gasteiger partial charge in [0.1, 0.15) is 5.69 Å². The summed E-state index contributed by atoms with van der Waals surface area (Å²) in [6.45, 7) is 2.85. The van der Waals surface area contributed by atoms with Gasteiger partial charge in [-0.15, -0.1) is 5.10 Å². The van der Waals surface area contributed by atoms with Crippen LogP contribution in [0.1, 0.15) is 40.6 Å². The van der Waals surface area contributed by atoms with Gasteiger partial charge in [0, 0.05) is 6.07 Å². The van der Waals surface area contributed by atoms with E-state index in [1.165, 1.54) is 13.8 Å². The minimum Gasteiger partial charge on any atom is -0.460 e. The molecule has 0 radical (unpaired) electrons. The molecule has 0 N–H and O–H groups in total. The Morgan fingerprint density at radius 2 is 1.79 bits per heavy atom. The van der Waals surface area contributed by atoms with Crippen LogP contribution in [0.5, 0.6) is 0 Å². The van der Waals surface area contributed by atoms with Crippen molar-refractivity contribution >= 4 is 17.6 Å². The summed E-state index contributed by atoms with van der Waals surface area (Å²) in [5.74, 6) is -3.35. The van der Waals surface area contributed by atoms with Crippen molar-refractivity contribution in [1.82, 2.24) is 14.8 Å². The lowest BCUT2D eigenvalue weighted by atomic mass is 10.1. The number of carbonyl (C=O) groups excluding carboxylic acids is 2. The zero-order chi connectivity index (χ0) is 21.1. The molecule has 0 amide bonds. The van der Waals surface area contributed by atoms with Gasteiger partial charge in [-0.05, 0) is 26.0 Å². The molecule has 28 heavy (non-hydrogen) atoms. The van der Waals surface area contributed by atoms with Gasteiger partial charge in [0.2, 0.25) is 5.82 Å². The van der Waals surface area contributed by atoms with Crippen molar-refractivity contribution in [1.29, 1.82) is 0 Å². The topological polar surface area (TPSA) is 126 Å². The first kappa shape index (κ1) is 20.8. The summed E-state index contributed by atoms with van der Waals surface area (Å²) in [5, 5.41) is 15.0. The van der Waals surface area contributed by atoms with Gasteiger partial charge in [-0.2, -0.15) is 22.8 Å². The predicted molar refractivity (Wildman–Crippen MR) is 84.9 cm³/mol. The summed E-state index contributed by atoms with van der Waals surface area (Å²) >= 11 is 0. The molecule has 0 atom stereocenters. The second-order valence-corrected chi connectivity index (χ2v) is 5.07. The number of nitrogens with zero attached hydrogens (tertiary/aromatic N) is 4. The highest BCUT2D eigenvalue weighted by Crippen LogP contribution is 2.34. The van der Waals surface area contributed by atoms with E-state index in [4.69, 9.17) is 9.47 Å². The smallest absolute Gasteiger partial charge is 0.416 e. The van der Waals surface area contributed by atoms with Crippen LogP contribution in [0.4, 0.5) is 18.9 Å². The van der Waals surface area contributed by atoms with E-state index in [-0.39, 0.29) is 19.3 Å². The molecule has 2 rings (SSSR count). The highest BCUT2D eigenvalue weighted by atomic mass is 19.4. The van der Waals surface area contributed by atoms with E-state index in [0.29, 0.717) is 10.7 Å². The normalized spacial score (nSPS) is 11.2. The summed E-state index contributed by atoms with van der Waals surface area (Å²) in [5.41, 5.74) is -2.78. The van der Waals surface area contributed by atoms with Crippen LogP contribution in [0, 0.1) is 10.1 Å². The van der Waals surface area contributed by atoms with E-state index in [1.54, 1.807) is 0 Å². The van der Waals surface area contributed by atoms with Crippen molar-refractivity contribution in [3.63, 3.8) is 0 Å². The molecule has 10 nitrogen and oxygen atoms in total. The maximum atomic E-state index is 12.9. The fraction of sp³-hybridized carbons (Fsp3) is 0.333. The number of nitro benzene ring substituents is 1. The second kappa shape index (κ2) is 8.02. The third-order valence-electron chi connectivity index (χ3n) is 3.25. The Morgan fingerprint density at radius 1 is 1.18 bits per heavy atom. The van der Waals surface area contributed by atoms with E-state index in [2.05, 4.69) is 10.1 Å². The Hall–Kier alpha value is -3.51. The first-order valence-electron chi connectivity index (χ1n) is 7.77. The van der Waals surface area contributed by atoms with E-state index in [1.807, 2.05) is 0 Å². The number of ether oxygens (including phenoxy) is 2. The Morgan fingerprint density at radius 3 is 2.32 bits per heavy atom. The molecule has 150 valence electrons. The zero-order valence-corrected chi connectivity index (χ0v) is 14.5. The molecule has 0 fully saturated rings. The van der Waals surface area contributed by atoms with Crippen LogP contribution >= 0.6 is 0 Å². The van der Waals surface area contributed by atoms with Crippen LogP contribution in [-0.4, -0.2) is 44.8 Å². The molecule has 0 unspecified atom stereocenters. The van der Waals surface area contributed by atoms with Gasteiger partial charge in [0.25, 0.3) is 11.5 Å². The minimum absolute atomic E-state index is 0.0391. The molecule has 0 saturated carbocycles. The molecular weight excluding hydrogens is 389 g/mol. The molecular formula is C15H13F3N4O6. The number of aromatic nitrogens is 3. The van der Waals surface area contributed by atoms with E-state index in [0.717, 1.165) is 6.07 Å². The van der Waals surface area contributed by atoms with E-state index < -0.39 is 51.6 Å². The lowest BCUT2D eigenvalue weighted by Gasteiger charge is -2.10. The number of halogens is 3. The number of hydrogen-bond donors (Lipinski definition) is 0. The number of hydrogen-bond acceptors (Lipinski definition) is 8. The third-order valence-corrected chi connectivity index (χ3v) is 3.25. The zero-order valence-electron chi connectivity index (χ0n) is 14.5. The fourth-order valence-electron chi connectivity index (χ4n) is 2.12. The van der Waals surface area contributed by atoms with Crippen molar-refractivity contribution in [2.24, 2.45) is 0 Å². The SMILES string of the molecule is CCOC(=O)c1nc(C(=O)OCC)n(-c2ccc(C(F)(F)F)cc2[N+](=O)[O-])n1. The van der Waals surface area contributed by atoms with E-state index >= 15 is 0 Å². The van der Waals surface area contributed by atoms with Crippen LogP contribution in [0.15, 0.2) is 18.2 Å². The summed E-state index contributed by atoms with van der Waals surface area (Å²) < 4.78 is 48.7. The lowest BCUT2D eigenvalue weighted by Crippen LogP contribution is -2.15. The van der Waals surface area contributed by atoms with Crippen molar-refractivity contribution < 1.29 is 37.2 Å². The van der Waals surface area contributed by atoms with Crippen molar-refractivity contribution in [3.8, 4) is 5.69 Å². The van der Waals surface area contributed by atoms with Gasteiger partial charge in [-0.1, -0.05) is 0 Å². The van der Waals surface area contributed by atoms with Crippen molar-refractivity contribution in [2.45, 2.75) is 20.0 Å². The predicted octanol–water partition coefficient (Wildman–Crippen LogP) is 2.55. The molecule has 0 spiro atoms. The Labute approximate surface area is 155 Å². The highest BCUT2D eigenvalue weighted by Gasteiger charge is 2.34. The Kier molecular flexibility index (Phi) is 5.96. The molecule has 0 saturated heterocycles. The van der Waals surface area contributed by atoms with Gasteiger partial charge in [0.15, 0.2) is 0 Å². The molecule has 1 aromatic carbocycles. The number of nitro groups is 1. The average molecular weight is 402 g/mol. The maximum absolute atomic E-state index is 12.9. The molecule has 13 heteroatoms. The highest BCUT2D eigenvalue weighted by molar-refractivity contribution is 5.90. The standard InChI is InChI=1S/C15H13F3N4O6/c1-3-27-13(23)11-19-12(14(24)28-4-2)21(20-11)9-6-5-8(15(16,17)18)7-10(9)22(25)26/h5-7H,3-4H2,1-2H3. The first-order chi connectivity index (χ1) is 13.1. The minimum atomic E-state index is -4.83. The summed E-state index contributed by atoms with van der Waals surface area (Å²) in [6.07, 6.45) is -4.83. The number of benzene rings is 1.